The molecular formula is C19H20FN. The summed E-state index contributed by atoms with van der Waals surface area (Å²) in [7, 11) is 0. The molecule has 3 atom stereocenters. The first-order valence-electron chi connectivity index (χ1n) is 7.87. The number of hydrogen-bond donors (Lipinski definition) is 1. The maximum absolute atomic E-state index is 13.4. The summed E-state index contributed by atoms with van der Waals surface area (Å²) in [6.45, 7) is 1.06. The first-order chi connectivity index (χ1) is 10.3. The Labute approximate surface area is 125 Å². The van der Waals surface area contributed by atoms with Crippen LogP contribution in [0.4, 0.5) is 4.39 Å². The van der Waals surface area contributed by atoms with E-state index in [1.807, 2.05) is 12.1 Å². The minimum atomic E-state index is -0.129. The Morgan fingerprint density at radius 1 is 1.10 bits per heavy atom. The lowest BCUT2D eigenvalue weighted by Gasteiger charge is -2.30. The van der Waals surface area contributed by atoms with Crippen molar-refractivity contribution in [2.45, 2.75) is 31.2 Å². The van der Waals surface area contributed by atoms with Gasteiger partial charge in [0.05, 0.1) is 0 Å². The smallest absolute Gasteiger partial charge is 0.123 e. The third-order valence-electron chi connectivity index (χ3n) is 5.18. The lowest BCUT2D eigenvalue weighted by atomic mass is 9.74. The molecule has 21 heavy (non-hydrogen) atoms. The van der Waals surface area contributed by atoms with Crippen LogP contribution in [0.5, 0.6) is 0 Å². The van der Waals surface area contributed by atoms with Gasteiger partial charge in [0.1, 0.15) is 5.82 Å². The number of hydrogen-bond acceptors (Lipinski definition) is 1. The van der Waals surface area contributed by atoms with E-state index >= 15 is 0 Å². The normalized spacial score (nSPS) is 27.2. The molecule has 0 spiro atoms. The largest absolute Gasteiger partial charge is 0.313 e. The molecule has 0 aromatic heterocycles. The lowest BCUT2D eigenvalue weighted by molar-refractivity contribution is 0.373. The second kappa shape index (κ2) is 5.27. The fourth-order valence-electron chi connectivity index (χ4n) is 4.19. The fraction of sp³-hybridized carbons (Fsp3) is 0.368. The first-order valence-corrected chi connectivity index (χ1v) is 7.87. The Balaban J connectivity index is 1.56. The van der Waals surface area contributed by atoms with Crippen molar-refractivity contribution in [1.29, 1.82) is 0 Å². The molecule has 2 heteroatoms. The highest BCUT2D eigenvalue weighted by Crippen LogP contribution is 2.41. The Kier molecular flexibility index (Phi) is 3.27. The van der Waals surface area contributed by atoms with E-state index in [-0.39, 0.29) is 5.82 Å². The van der Waals surface area contributed by atoms with Gasteiger partial charge in [0, 0.05) is 18.5 Å². The number of benzene rings is 2. The van der Waals surface area contributed by atoms with Crippen molar-refractivity contribution >= 4 is 0 Å². The molecule has 1 heterocycles. The molecule has 0 saturated carbocycles. The van der Waals surface area contributed by atoms with Crippen molar-refractivity contribution in [3.63, 3.8) is 0 Å². The molecular weight excluding hydrogens is 261 g/mol. The standard InChI is InChI=1S/C19H20FN/c20-15-6-3-4-13(10-15)11-19-17-9-8-14-5-1-2-7-16(14)18(17)12-21-19/h1-7,10,17-19,21H,8-9,11-12H2/t17?,18-,19-/m1/s1. The number of rotatable bonds is 2. The quantitative estimate of drug-likeness (QED) is 0.885. The summed E-state index contributed by atoms with van der Waals surface area (Å²) < 4.78 is 13.4. The summed E-state index contributed by atoms with van der Waals surface area (Å²) in [4.78, 5) is 0. The van der Waals surface area contributed by atoms with E-state index in [0.717, 1.165) is 18.5 Å². The van der Waals surface area contributed by atoms with Gasteiger partial charge in [0.25, 0.3) is 0 Å². The zero-order valence-corrected chi connectivity index (χ0v) is 12.1. The second-order valence-corrected chi connectivity index (χ2v) is 6.36. The minimum Gasteiger partial charge on any atom is -0.313 e. The predicted octanol–water partition coefficient (Wildman–Crippen LogP) is 3.69. The van der Waals surface area contributed by atoms with Crippen LogP contribution in [0, 0.1) is 11.7 Å². The van der Waals surface area contributed by atoms with Crippen LogP contribution in [0.1, 0.15) is 29.0 Å². The Hall–Kier alpha value is -1.67. The molecule has 0 radical (unpaired) electrons. The van der Waals surface area contributed by atoms with Crippen molar-refractivity contribution in [3.8, 4) is 0 Å². The van der Waals surface area contributed by atoms with E-state index in [4.69, 9.17) is 0 Å². The molecule has 2 aliphatic rings. The highest BCUT2D eigenvalue weighted by molar-refractivity contribution is 5.35. The topological polar surface area (TPSA) is 12.0 Å². The summed E-state index contributed by atoms with van der Waals surface area (Å²) in [5.74, 6) is 1.19. The Morgan fingerprint density at radius 2 is 2.00 bits per heavy atom. The van der Waals surface area contributed by atoms with Gasteiger partial charge in [-0.05, 0) is 54.0 Å². The van der Waals surface area contributed by atoms with Crippen LogP contribution < -0.4 is 5.32 Å². The molecule has 1 nitrogen and oxygen atoms in total. The van der Waals surface area contributed by atoms with Crippen molar-refractivity contribution in [1.82, 2.24) is 5.32 Å². The summed E-state index contributed by atoms with van der Waals surface area (Å²) in [6, 6.07) is 16.4. The third kappa shape index (κ3) is 2.38. The molecule has 1 aliphatic carbocycles. The summed E-state index contributed by atoms with van der Waals surface area (Å²) in [6.07, 6.45) is 3.36. The fourth-order valence-corrected chi connectivity index (χ4v) is 4.19. The van der Waals surface area contributed by atoms with E-state index in [9.17, 15) is 4.39 Å². The van der Waals surface area contributed by atoms with E-state index in [0.29, 0.717) is 17.9 Å². The molecule has 0 bridgehead atoms. The van der Waals surface area contributed by atoms with E-state index in [1.165, 1.54) is 30.0 Å². The van der Waals surface area contributed by atoms with Crippen molar-refractivity contribution in [3.05, 3.63) is 71.0 Å². The van der Waals surface area contributed by atoms with Gasteiger partial charge in [0.15, 0.2) is 0 Å². The molecule has 4 rings (SSSR count). The number of aryl methyl sites for hydroxylation is 1. The van der Waals surface area contributed by atoms with Crippen LogP contribution in [0.25, 0.3) is 0 Å². The highest BCUT2D eigenvalue weighted by Gasteiger charge is 2.39. The Morgan fingerprint density at radius 3 is 2.90 bits per heavy atom. The van der Waals surface area contributed by atoms with Gasteiger partial charge in [0.2, 0.25) is 0 Å². The monoisotopic (exact) mass is 281 g/mol. The molecule has 0 amide bonds. The zero-order valence-electron chi connectivity index (χ0n) is 12.1. The molecule has 1 fully saturated rings. The lowest BCUT2D eigenvalue weighted by Crippen LogP contribution is -2.31. The first kappa shape index (κ1) is 13.0. The molecule has 1 unspecified atom stereocenters. The van der Waals surface area contributed by atoms with Crippen LogP contribution in [0.2, 0.25) is 0 Å². The van der Waals surface area contributed by atoms with Crippen LogP contribution in [-0.4, -0.2) is 12.6 Å². The predicted molar refractivity (Wildman–Crippen MR) is 82.9 cm³/mol. The summed E-state index contributed by atoms with van der Waals surface area (Å²) >= 11 is 0. The van der Waals surface area contributed by atoms with Gasteiger partial charge in [-0.15, -0.1) is 0 Å². The molecule has 2 aromatic carbocycles. The van der Waals surface area contributed by atoms with E-state index in [2.05, 4.69) is 29.6 Å². The third-order valence-corrected chi connectivity index (χ3v) is 5.18. The van der Waals surface area contributed by atoms with E-state index < -0.39 is 0 Å². The average Bonchev–Trinajstić information content (AvgIpc) is 2.91. The van der Waals surface area contributed by atoms with Crippen molar-refractivity contribution in [2.75, 3.05) is 6.54 Å². The van der Waals surface area contributed by atoms with Gasteiger partial charge in [-0.25, -0.2) is 4.39 Å². The number of fused-ring (bicyclic) bond motifs is 3. The van der Waals surface area contributed by atoms with Gasteiger partial charge >= 0.3 is 0 Å². The van der Waals surface area contributed by atoms with Gasteiger partial charge in [-0.2, -0.15) is 0 Å². The van der Waals surface area contributed by atoms with E-state index in [1.54, 1.807) is 6.07 Å². The Bertz CT molecular complexity index is 652. The summed E-state index contributed by atoms with van der Waals surface area (Å²) in [5.41, 5.74) is 4.15. The van der Waals surface area contributed by atoms with Crippen LogP contribution in [-0.2, 0) is 12.8 Å². The number of nitrogens with one attached hydrogen (secondary N) is 1. The molecule has 2 aromatic rings. The highest BCUT2D eigenvalue weighted by atomic mass is 19.1. The molecule has 1 saturated heterocycles. The second-order valence-electron chi connectivity index (χ2n) is 6.36. The van der Waals surface area contributed by atoms with Gasteiger partial charge in [-0.3, -0.25) is 0 Å². The maximum Gasteiger partial charge on any atom is 0.123 e. The molecule has 1 N–H and O–H groups in total. The van der Waals surface area contributed by atoms with Crippen LogP contribution in [0.3, 0.4) is 0 Å². The van der Waals surface area contributed by atoms with Gasteiger partial charge in [-0.1, -0.05) is 36.4 Å². The SMILES string of the molecule is Fc1cccc(C[C@H]2NC[C@@H]3c4ccccc4CCC32)c1. The maximum atomic E-state index is 13.4. The van der Waals surface area contributed by atoms with Crippen molar-refractivity contribution in [2.24, 2.45) is 5.92 Å². The summed E-state index contributed by atoms with van der Waals surface area (Å²) in [5, 5.41) is 3.69. The van der Waals surface area contributed by atoms with Gasteiger partial charge < -0.3 is 5.32 Å². The van der Waals surface area contributed by atoms with Crippen molar-refractivity contribution < 1.29 is 4.39 Å². The average molecular weight is 281 g/mol. The minimum absolute atomic E-state index is 0.129. The van der Waals surface area contributed by atoms with Crippen LogP contribution in [0.15, 0.2) is 48.5 Å². The molecule has 1 aliphatic heterocycles. The zero-order chi connectivity index (χ0) is 14.2. The molecule has 108 valence electrons. The van der Waals surface area contributed by atoms with Crippen LogP contribution >= 0.6 is 0 Å². The number of halogens is 1.